The third kappa shape index (κ3) is 3.57. The molecule has 9 heteroatoms. The predicted molar refractivity (Wildman–Crippen MR) is 79.7 cm³/mol. The van der Waals surface area contributed by atoms with Crippen molar-refractivity contribution in [3.05, 3.63) is 41.5 Å². The Labute approximate surface area is 133 Å². The van der Waals surface area contributed by atoms with Crippen LogP contribution in [-0.4, -0.2) is 36.6 Å². The van der Waals surface area contributed by atoms with Crippen LogP contribution in [0.5, 0.6) is 0 Å². The maximum atomic E-state index is 13.5. The first-order valence-corrected chi connectivity index (χ1v) is 8.68. The summed E-state index contributed by atoms with van der Waals surface area (Å²) in [6.07, 6.45) is 2.55. The van der Waals surface area contributed by atoms with Crippen LogP contribution in [0.1, 0.15) is 23.7 Å². The zero-order valence-corrected chi connectivity index (χ0v) is 13.4. The molecule has 1 fully saturated rings. The minimum atomic E-state index is -3.80. The summed E-state index contributed by atoms with van der Waals surface area (Å²) in [5, 5.41) is 7.93. The summed E-state index contributed by atoms with van der Waals surface area (Å²) in [6, 6.07) is 3.94. The van der Waals surface area contributed by atoms with E-state index in [1.165, 1.54) is 12.1 Å². The number of nitrogens with zero attached hydrogens (tertiary/aromatic N) is 3. The average Bonchev–Trinajstić information content (AvgIpc) is 3.18. The van der Waals surface area contributed by atoms with Crippen molar-refractivity contribution >= 4 is 10.0 Å². The van der Waals surface area contributed by atoms with Crippen LogP contribution in [0.25, 0.3) is 0 Å². The molecule has 1 N–H and O–H groups in total. The molecule has 1 aromatic heterocycles. The van der Waals surface area contributed by atoms with Crippen molar-refractivity contribution in [2.75, 3.05) is 13.2 Å². The highest BCUT2D eigenvalue weighted by molar-refractivity contribution is 7.89. The molecule has 1 atom stereocenters. The number of nitrogens with one attached hydrogen (secondary N) is 1. The molecule has 2 aromatic rings. The molecule has 1 aromatic carbocycles. The molecular formula is C14H17FN4O3S. The third-order valence-electron chi connectivity index (χ3n) is 3.73. The molecular weight excluding hydrogens is 323 g/mol. The summed E-state index contributed by atoms with van der Waals surface area (Å²) in [6.45, 7) is 2.83. The number of ether oxygens (including phenoxy) is 1. The van der Waals surface area contributed by atoms with Crippen LogP contribution in [0.2, 0.25) is 0 Å². The summed E-state index contributed by atoms with van der Waals surface area (Å²) in [7, 11) is -3.80. The number of aryl methyl sites for hydroxylation is 1. The van der Waals surface area contributed by atoms with Crippen LogP contribution in [0.3, 0.4) is 0 Å². The van der Waals surface area contributed by atoms with Crippen molar-refractivity contribution in [3.63, 3.8) is 0 Å². The number of rotatable bonds is 5. The smallest absolute Gasteiger partial charge is 0.241 e. The van der Waals surface area contributed by atoms with Gasteiger partial charge in [-0.25, -0.2) is 22.2 Å². The van der Waals surface area contributed by atoms with Crippen LogP contribution in [0, 0.1) is 12.7 Å². The topological polar surface area (TPSA) is 86.1 Å². The predicted octanol–water partition coefficient (Wildman–Crippen LogP) is 1.17. The second kappa shape index (κ2) is 6.34. The Morgan fingerprint density at radius 1 is 1.48 bits per heavy atom. The largest absolute Gasteiger partial charge is 0.379 e. The van der Waals surface area contributed by atoms with E-state index in [2.05, 4.69) is 15.0 Å². The van der Waals surface area contributed by atoms with Gasteiger partial charge in [-0.15, -0.1) is 5.10 Å². The highest BCUT2D eigenvalue weighted by Crippen LogP contribution is 2.18. The second-order valence-corrected chi connectivity index (χ2v) is 7.21. The van der Waals surface area contributed by atoms with Gasteiger partial charge in [-0.05, 0) is 31.0 Å². The van der Waals surface area contributed by atoms with E-state index in [1.807, 2.05) is 0 Å². The van der Waals surface area contributed by atoms with E-state index < -0.39 is 15.8 Å². The summed E-state index contributed by atoms with van der Waals surface area (Å²) in [5.41, 5.74) is 0.888. The van der Waals surface area contributed by atoms with Gasteiger partial charge in [0.15, 0.2) is 0 Å². The van der Waals surface area contributed by atoms with Gasteiger partial charge in [0.05, 0.1) is 36.0 Å². The molecule has 0 bridgehead atoms. The van der Waals surface area contributed by atoms with Gasteiger partial charge in [-0.2, -0.15) is 0 Å². The molecule has 2 heterocycles. The summed E-state index contributed by atoms with van der Waals surface area (Å²) >= 11 is 0. The van der Waals surface area contributed by atoms with E-state index >= 15 is 0 Å². The Balaban J connectivity index is 1.68. The van der Waals surface area contributed by atoms with E-state index in [-0.39, 0.29) is 17.5 Å². The first-order valence-electron chi connectivity index (χ1n) is 7.20. The maximum Gasteiger partial charge on any atom is 0.241 e. The van der Waals surface area contributed by atoms with Crippen LogP contribution in [-0.2, 0) is 21.3 Å². The summed E-state index contributed by atoms with van der Waals surface area (Å²) in [4.78, 5) is -0.114. The summed E-state index contributed by atoms with van der Waals surface area (Å²) in [5.74, 6) is -0.556. The first kappa shape index (κ1) is 16.0. The van der Waals surface area contributed by atoms with Gasteiger partial charge in [-0.3, -0.25) is 0 Å². The molecule has 0 aliphatic carbocycles. The van der Waals surface area contributed by atoms with Crippen molar-refractivity contribution in [2.24, 2.45) is 0 Å². The first-order chi connectivity index (χ1) is 11.0. The van der Waals surface area contributed by atoms with Gasteiger partial charge in [0.1, 0.15) is 5.82 Å². The van der Waals surface area contributed by atoms with Gasteiger partial charge >= 0.3 is 0 Å². The molecule has 124 valence electrons. The minimum absolute atomic E-state index is 0.00853. The average molecular weight is 340 g/mol. The highest BCUT2D eigenvalue weighted by Gasteiger charge is 2.20. The number of benzene rings is 1. The molecule has 0 saturated carbocycles. The van der Waals surface area contributed by atoms with Crippen molar-refractivity contribution in [2.45, 2.75) is 30.8 Å². The zero-order chi connectivity index (χ0) is 16.4. The lowest BCUT2D eigenvalue weighted by Crippen LogP contribution is -2.23. The number of sulfonamides is 1. The van der Waals surface area contributed by atoms with Crippen LogP contribution < -0.4 is 4.72 Å². The zero-order valence-electron chi connectivity index (χ0n) is 12.6. The second-order valence-electron chi connectivity index (χ2n) is 5.44. The number of hydrogen-bond acceptors (Lipinski definition) is 5. The lowest BCUT2D eigenvalue weighted by atomic mass is 10.2. The van der Waals surface area contributed by atoms with Gasteiger partial charge in [0, 0.05) is 6.61 Å². The summed E-state index contributed by atoms with van der Waals surface area (Å²) < 4.78 is 47.2. The number of halogens is 1. The van der Waals surface area contributed by atoms with Crippen LogP contribution in [0.4, 0.5) is 4.39 Å². The van der Waals surface area contributed by atoms with Gasteiger partial charge in [0.2, 0.25) is 10.0 Å². The van der Waals surface area contributed by atoms with E-state index in [9.17, 15) is 12.8 Å². The molecule has 1 saturated heterocycles. The highest BCUT2D eigenvalue weighted by atomic mass is 32.2. The maximum absolute atomic E-state index is 13.5. The van der Waals surface area contributed by atoms with E-state index in [1.54, 1.807) is 17.8 Å². The fourth-order valence-corrected chi connectivity index (χ4v) is 3.31. The van der Waals surface area contributed by atoms with E-state index in [0.29, 0.717) is 24.5 Å². The molecule has 0 radical (unpaired) electrons. The van der Waals surface area contributed by atoms with E-state index in [0.717, 1.165) is 12.5 Å². The monoisotopic (exact) mass is 340 g/mol. The van der Waals surface area contributed by atoms with Gasteiger partial charge < -0.3 is 4.74 Å². The van der Waals surface area contributed by atoms with E-state index in [4.69, 9.17) is 4.74 Å². The molecule has 0 amide bonds. The fourth-order valence-electron chi connectivity index (χ4n) is 2.30. The Morgan fingerprint density at radius 3 is 3.00 bits per heavy atom. The molecule has 1 aliphatic rings. The fraction of sp³-hybridized carbons (Fsp3) is 0.429. The minimum Gasteiger partial charge on any atom is -0.379 e. The van der Waals surface area contributed by atoms with Crippen molar-refractivity contribution in [1.29, 1.82) is 0 Å². The third-order valence-corrected chi connectivity index (χ3v) is 5.13. The molecule has 23 heavy (non-hydrogen) atoms. The van der Waals surface area contributed by atoms with Crippen LogP contribution in [0.15, 0.2) is 29.3 Å². The van der Waals surface area contributed by atoms with Gasteiger partial charge in [0.25, 0.3) is 0 Å². The standard InChI is InChI=1S/C14H17FN4O3S/c1-10-2-3-13(6-14(10)15)23(20,21)16-7-11-8-19(18-17-11)12-4-5-22-9-12/h2-3,6,8,12,16H,4-5,7,9H2,1H3. The van der Waals surface area contributed by atoms with Crippen molar-refractivity contribution < 1.29 is 17.5 Å². The Morgan fingerprint density at radius 2 is 2.30 bits per heavy atom. The molecule has 1 unspecified atom stereocenters. The number of aromatic nitrogens is 3. The SMILES string of the molecule is Cc1ccc(S(=O)(=O)NCc2cn(C3CCOC3)nn2)cc1F. The van der Waals surface area contributed by atoms with Gasteiger partial charge in [-0.1, -0.05) is 11.3 Å². The quantitative estimate of drug-likeness (QED) is 0.883. The normalized spacial score (nSPS) is 18.4. The molecule has 1 aliphatic heterocycles. The van der Waals surface area contributed by atoms with Crippen molar-refractivity contribution in [1.82, 2.24) is 19.7 Å². The Bertz CT molecular complexity index is 800. The lowest BCUT2D eigenvalue weighted by Gasteiger charge is -2.07. The van der Waals surface area contributed by atoms with Crippen molar-refractivity contribution in [3.8, 4) is 0 Å². The Hall–Kier alpha value is -1.84. The number of hydrogen-bond donors (Lipinski definition) is 1. The van der Waals surface area contributed by atoms with Crippen LogP contribution >= 0.6 is 0 Å². The molecule has 7 nitrogen and oxygen atoms in total. The Kier molecular flexibility index (Phi) is 4.42. The molecule has 3 rings (SSSR count). The lowest BCUT2D eigenvalue weighted by molar-refractivity contribution is 0.184. The molecule has 0 spiro atoms.